The molecule has 0 radical (unpaired) electrons. The van der Waals surface area contributed by atoms with Crippen LogP contribution in [0.5, 0.6) is 5.75 Å². The summed E-state index contributed by atoms with van der Waals surface area (Å²) in [6, 6.07) is 20.3. The first-order valence-corrected chi connectivity index (χ1v) is 12.0. The first kappa shape index (κ1) is 22.6. The van der Waals surface area contributed by atoms with Crippen LogP contribution < -0.4 is 20.7 Å². The maximum absolute atomic E-state index is 6.39. The van der Waals surface area contributed by atoms with Gasteiger partial charge in [-0.05, 0) is 47.9 Å². The molecule has 2 aliphatic rings. The van der Waals surface area contributed by atoms with Gasteiger partial charge in [0.2, 0.25) is 0 Å². The van der Waals surface area contributed by atoms with Crippen molar-refractivity contribution in [1.29, 1.82) is 0 Å². The van der Waals surface area contributed by atoms with E-state index in [1.54, 1.807) is 0 Å². The predicted molar refractivity (Wildman–Crippen MR) is 141 cm³/mol. The topological polar surface area (TPSA) is 70.0 Å². The van der Waals surface area contributed by atoms with Gasteiger partial charge in [0.25, 0.3) is 0 Å². The first-order valence-electron chi connectivity index (χ1n) is 11.2. The van der Waals surface area contributed by atoms with E-state index < -0.39 is 0 Å². The second-order valence-corrected chi connectivity index (χ2v) is 9.09. The van der Waals surface area contributed by atoms with Gasteiger partial charge < -0.3 is 20.7 Å². The molecule has 8 heteroatoms. The second-order valence-electron chi connectivity index (χ2n) is 8.28. The molecular weight excluding hydrogens is 469 g/mol. The Morgan fingerprint density at radius 2 is 1.82 bits per heavy atom. The van der Waals surface area contributed by atoms with Crippen LogP contribution in [0.3, 0.4) is 0 Å². The first-order chi connectivity index (χ1) is 16.6. The molecule has 3 N–H and O–H groups in total. The number of aryl methyl sites for hydroxylation is 1. The van der Waals surface area contributed by atoms with Crippen LogP contribution in [-0.2, 0) is 0 Å². The van der Waals surface area contributed by atoms with Crippen molar-refractivity contribution in [1.82, 2.24) is 10.6 Å². The van der Waals surface area contributed by atoms with Crippen molar-refractivity contribution < 1.29 is 4.74 Å². The van der Waals surface area contributed by atoms with Crippen LogP contribution in [-0.4, -0.2) is 38.0 Å². The Hall–Kier alpha value is -3.22. The molecule has 0 aromatic heterocycles. The minimum Gasteiger partial charge on any atom is -0.485 e. The van der Waals surface area contributed by atoms with E-state index in [1.165, 1.54) is 0 Å². The number of ether oxygens (including phenoxy) is 1. The zero-order valence-corrected chi connectivity index (χ0v) is 20.2. The monoisotopic (exact) mass is 493 g/mol. The maximum Gasteiger partial charge on any atom is 0.196 e. The number of benzene rings is 3. The van der Waals surface area contributed by atoms with Gasteiger partial charge in [0.1, 0.15) is 18.2 Å². The van der Waals surface area contributed by atoms with E-state index in [2.05, 4.69) is 50.2 Å². The van der Waals surface area contributed by atoms with Gasteiger partial charge in [-0.1, -0.05) is 59.6 Å². The number of hydrogen-bond donors (Lipinski definition) is 3. The third-order valence-corrected chi connectivity index (χ3v) is 6.37. The average molecular weight is 494 g/mol. The summed E-state index contributed by atoms with van der Waals surface area (Å²) in [7, 11) is 0. The van der Waals surface area contributed by atoms with E-state index in [0.717, 1.165) is 46.9 Å². The summed E-state index contributed by atoms with van der Waals surface area (Å²) in [4.78, 5) is 9.05. The van der Waals surface area contributed by atoms with Crippen molar-refractivity contribution in [3.8, 4) is 16.9 Å². The fourth-order valence-corrected chi connectivity index (χ4v) is 4.75. The number of aliphatic imine (C=N–C) groups is 2. The van der Waals surface area contributed by atoms with Gasteiger partial charge in [-0.25, -0.2) is 0 Å². The van der Waals surface area contributed by atoms with Crippen LogP contribution in [0.4, 0.5) is 5.69 Å². The molecule has 0 fully saturated rings. The molecule has 174 valence electrons. The third-order valence-electron chi connectivity index (χ3n) is 5.77. The van der Waals surface area contributed by atoms with Crippen LogP contribution in [0.15, 0.2) is 70.6 Å². The molecule has 2 aliphatic heterocycles. The number of halogens is 2. The van der Waals surface area contributed by atoms with Crippen molar-refractivity contribution in [3.05, 3.63) is 81.8 Å². The van der Waals surface area contributed by atoms with Gasteiger partial charge in [0, 0.05) is 12.1 Å². The highest BCUT2D eigenvalue weighted by Gasteiger charge is 2.22. The van der Waals surface area contributed by atoms with E-state index in [4.69, 9.17) is 27.9 Å². The van der Waals surface area contributed by atoms with E-state index in [-0.39, 0.29) is 6.04 Å². The minimum atomic E-state index is 0.0166. The lowest BCUT2D eigenvalue weighted by molar-refractivity contribution is 0.375. The quantitative estimate of drug-likeness (QED) is 0.426. The standard InChI is InChI=1S/C26H25Cl2N5O/c1-16-11-20(27)25(21(28)12-16)33-26-31-14-22(32-26)18-7-8-23(34-15-24-29-9-10-30-24)19(13-18)17-5-3-2-4-6-17/h2-8,11-13,22H,9-10,14-15H2,1H3,(H,29,30)(H2,31,32,33). The van der Waals surface area contributed by atoms with Crippen LogP contribution in [0.2, 0.25) is 10.0 Å². The molecule has 3 aromatic carbocycles. The second kappa shape index (κ2) is 9.95. The third kappa shape index (κ3) is 4.98. The number of amidine groups is 1. The van der Waals surface area contributed by atoms with Gasteiger partial charge in [-0.3, -0.25) is 9.98 Å². The molecule has 6 nitrogen and oxygen atoms in total. The highest BCUT2D eigenvalue weighted by molar-refractivity contribution is 6.40. The summed E-state index contributed by atoms with van der Waals surface area (Å²) in [5.41, 5.74) is 4.90. The van der Waals surface area contributed by atoms with E-state index in [0.29, 0.717) is 34.8 Å². The highest BCUT2D eigenvalue weighted by Crippen LogP contribution is 2.35. The normalized spacial score (nSPS) is 17.0. The Morgan fingerprint density at radius 1 is 1.03 bits per heavy atom. The average Bonchev–Trinajstić information content (AvgIpc) is 3.53. The molecular formula is C26H25Cl2N5O. The SMILES string of the molecule is Cc1cc(Cl)c(NC2=NCC(c3ccc(OCC4=NCCN4)c(-c4ccccc4)c3)N2)c(Cl)c1. The van der Waals surface area contributed by atoms with Crippen molar-refractivity contribution in [2.45, 2.75) is 13.0 Å². The Bertz CT molecular complexity index is 1240. The largest absolute Gasteiger partial charge is 0.485 e. The zero-order chi connectivity index (χ0) is 23.5. The Kier molecular flexibility index (Phi) is 6.61. The Morgan fingerprint density at radius 3 is 2.56 bits per heavy atom. The fraction of sp³-hybridized carbons (Fsp3) is 0.231. The Labute approximate surface area is 209 Å². The molecule has 0 bridgehead atoms. The van der Waals surface area contributed by atoms with E-state index >= 15 is 0 Å². The smallest absolute Gasteiger partial charge is 0.196 e. The van der Waals surface area contributed by atoms with Crippen LogP contribution in [0, 0.1) is 6.92 Å². The summed E-state index contributed by atoms with van der Waals surface area (Å²) >= 11 is 12.8. The van der Waals surface area contributed by atoms with E-state index in [1.807, 2.05) is 43.3 Å². The molecule has 1 atom stereocenters. The maximum atomic E-state index is 6.39. The molecule has 2 heterocycles. The molecule has 0 saturated carbocycles. The lowest BCUT2D eigenvalue weighted by atomic mass is 9.98. The molecule has 0 saturated heterocycles. The van der Waals surface area contributed by atoms with Gasteiger partial charge in [-0.2, -0.15) is 0 Å². The van der Waals surface area contributed by atoms with Crippen molar-refractivity contribution in [3.63, 3.8) is 0 Å². The lowest BCUT2D eigenvalue weighted by Gasteiger charge is -2.18. The highest BCUT2D eigenvalue weighted by atomic mass is 35.5. The summed E-state index contributed by atoms with van der Waals surface area (Å²) in [5.74, 6) is 2.35. The van der Waals surface area contributed by atoms with Crippen LogP contribution in [0.25, 0.3) is 11.1 Å². The molecule has 0 spiro atoms. The van der Waals surface area contributed by atoms with Gasteiger partial charge in [0.05, 0.1) is 34.9 Å². The fourth-order valence-electron chi connectivity index (χ4n) is 4.06. The molecule has 1 unspecified atom stereocenters. The Balaban J connectivity index is 1.35. The van der Waals surface area contributed by atoms with Gasteiger partial charge in [-0.15, -0.1) is 0 Å². The number of guanidine groups is 1. The van der Waals surface area contributed by atoms with Crippen molar-refractivity contribution in [2.24, 2.45) is 9.98 Å². The number of nitrogens with zero attached hydrogens (tertiary/aromatic N) is 2. The zero-order valence-electron chi connectivity index (χ0n) is 18.7. The van der Waals surface area contributed by atoms with Crippen LogP contribution in [0.1, 0.15) is 17.2 Å². The summed E-state index contributed by atoms with van der Waals surface area (Å²) in [6.45, 7) is 4.64. The number of nitrogens with one attached hydrogen (secondary N) is 3. The van der Waals surface area contributed by atoms with Crippen LogP contribution >= 0.6 is 23.2 Å². The van der Waals surface area contributed by atoms with Gasteiger partial charge in [0.15, 0.2) is 5.96 Å². The molecule has 0 aliphatic carbocycles. The summed E-state index contributed by atoms with van der Waals surface area (Å²) in [5, 5.41) is 11.1. The molecule has 5 rings (SSSR count). The van der Waals surface area contributed by atoms with E-state index in [9.17, 15) is 0 Å². The van der Waals surface area contributed by atoms with Crippen molar-refractivity contribution in [2.75, 3.05) is 31.6 Å². The minimum absolute atomic E-state index is 0.0166. The number of anilines is 1. The molecule has 3 aromatic rings. The van der Waals surface area contributed by atoms with Crippen molar-refractivity contribution >= 4 is 40.7 Å². The lowest BCUT2D eigenvalue weighted by Crippen LogP contribution is -2.29. The summed E-state index contributed by atoms with van der Waals surface area (Å²) < 4.78 is 6.15. The molecule has 0 amide bonds. The predicted octanol–water partition coefficient (Wildman–Crippen LogP) is 5.46. The molecule has 34 heavy (non-hydrogen) atoms. The van der Waals surface area contributed by atoms with Gasteiger partial charge >= 0.3 is 0 Å². The number of rotatable bonds is 6. The number of hydrogen-bond acceptors (Lipinski definition) is 6. The summed E-state index contributed by atoms with van der Waals surface area (Å²) in [6.07, 6.45) is 0.